The van der Waals surface area contributed by atoms with Crippen LogP contribution in [0, 0.1) is 5.82 Å². The molecule has 0 aromatic heterocycles. The van der Waals surface area contributed by atoms with Crippen LogP contribution in [0.3, 0.4) is 0 Å². The molecule has 0 radical (unpaired) electrons. The summed E-state index contributed by atoms with van der Waals surface area (Å²) in [6.45, 7) is 2.36. The molecule has 0 saturated heterocycles. The molecule has 5 nitrogen and oxygen atoms in total. The number of benzene rings is 1. The number of nitrogens with zero attached hydrogens (tertiary/aromatic N) is 1. The summed E-state index contributed by atoms with van der Waals surface area (Å²) in [5.41, 5.74) is 6.11. The van der Waals surface area contributed by atoms with E-state index in [4.69, 9.17) is 5.73 Å². The molecule has 0 spiro atoms. The number of carbonyl (C=O) groups is 2. The summed E-state index contributed by atoms with van der Waals surface area (Å²) in [6, 6.07) is 3.66. The van der Waals surface area contributed by atoms with Gasteiger partial charge in [0.15, 0.2) is 6.29 Å². The number of aldehydes is 1. The molecule has 0 aliphatic heterocycles. The molecule has 1 rings (SSSR count). The molecule has 0 aliphatic carbocycles. The molecule has 0 atom stereocenters. The molecule has 21 heavy (non-hydrogen) atoms. The predicted molar refractivity (Wildman–Crippen MR) is 77.8 cm³/mol. The summed E-state index contributed by atoms with van der Waals surface area (Å²) >= 11 is 0. The maximum atomic E-state index is 13.7. The molecule has 2 N–H and O–H groups in total. The number of methoxy groups -OCH3 is 1. The van der Waals surface area contributed by atoms with E-state index in [0.29, 0.717) is 18.4 Å². The molecule has 1 aromatic carbocycles. The van der Waals surface area contributed by atoms with Crippen LogP contribution in [0.4, 0.5) is 4.39 Å². The van der Waals surface area contributed by atoms with Crippen LogP contribution in [0.1, 0.15) is 29.3 Å². The number of esters is 1. The van der Waals surface area contributed by atoms with E-state index in [1.54, 1.807) is 0 Å². The van der Waals surface area contributed by atoms with Gasteiger partial charge in [-0.05, 0) is 24.6 Å². The molecule has 0 aliphatic rings. The summed E-state index contributed by atoms with van der Waals surface area (Å²) in [6.07, 6.45) is 2.39. The fourth-order valence-corrected chi connectivity index (χ4v) is 1.71. The van der Waals surface area contributed by atoms with Crippen LogP contribution >= 0.6 is 0 Å². The summed E-state index contributed by atoms with van der Waals surface area (Å²) in [7, 11) is 1.20. The quantitative estimate of drug-likeness (QED) is 0.375. The highest BCUT2D eigenvalue weighted by Gasteiger charge is 2.15. The predicted octanol–water partition coefficient (Wildman–Crippen LogP) is 1.85. The van der Waals surface area contributed by atoms with E-state index < -0.39 is 11.8 Å². The minimum absolute atomic E-state index is 0.0407. The third-order valence-electron chi connectivity index (χ3n) is 2.67. The van der Waals surface area contributed by atoms with Crippen LogP contribution < -0.4 is 5.73 Å². The number of nitrogens with two attached hydrogens (primary N) is 1. The zero-order valence-electron chi connectivity index (χ0n) is 11.9. The molecule has 0 unspecified atom stereocenters. The van der Waals surface area contributed by atoms with E-state index in [1.165, 1.54) is 19.2 Å². The van der Waals surface area contributed by atoms with Crippen molar-refractivity contribution < 1.29 is 18.7 Å². The number of halogens is 1. The van der Waals surface area contributed by atoms with E-state index in [1.807, 2.05) is 6.92 Å². The minimum Gasteiger partial charge on any atom is -0.465 e. The van der Waals surface area contributed by atoms with E-state index in [9.17, 15) is 14.0 Å². The third-order valence-corrected chi connectivity index (χ3v) is 2.67. The van der Waals surface area contributed by atoms with Crippen molar-refractivity contribution in [2.24, 2.45) is 10.7 Å². The van der Waals surface area contributed by atoms with E-state index in [2.05, 4.69) is 9.73 Å². The molecule has 0 heterocycles. The number of carbonyl (C=O) groups excluding carboxylic acids is 2. The molecule has 6 heteroatoms. The van der Waals surface area contributed by atoms with Crippen molar-refractivity contribution >= 4 is 18.0 Å². The normalized spacial score (nSPS) is 12.1. The van der Waals surface area contributed by atoms with Gasteiger partial charge in [-0.1, -0.05) is 6.92 Å². The second kappa shape index (κ2) is 7.94. The molecular formula is C15H17FN2O3. The van der Waals surface area contributed by atoms with Gasteiger partial charge < -0.3 is 10.5 Å². The molecule has 0 saturated carbocycles. The van der Waals surface area contributed by atoms with Gasteiger partial charge in [0.05, 0.1) is 24.0 Å². The summed E-state index contributed by atoms with van der Waals surface area (Å²) in [5.74, 6) is -1.30. The lowest BCUT2D eigenvalue weighted by molar-refractivity contribution is -0.104. The number of hydrogen-bond donors (Lipinski definition) is 1. The summed E-state index contributed by atoms with van der Waals surface area (Å²) < 4.78 is 18.2. The standard InChI is InChI=1S/C15H17FN2O3/c1-3-4-18-14(12(8-17)9-19)10-5-11(15(20)21-2)7-13(16)6-10/h5-9H,3-4,17H2,1-2H3. The Morgan fingerprint density at radius 3 is 2.57 bits per heavy atom. The fraction of sp³-hybridized carbons (Fsp3) is 0.267. The van der Waals surface area contributed by atoms with Crippen molar-refractivity contribution in [3.8, 4) is 0 Å². The number of hydrogen-bond acceptors (Lipinski definition) is 5. The van der Waals surface area contributed by atoms with Gasteiger partial charge in [-0.15, -0.1) is 0 Å². The zero-order chi connectivity index (χ0) is 15.8. The Labute approximate surface area is 122 Å². The third kappa shape index (κ3) is 4.24. The molecule has 1 aromatic rings. The SMILES string of the molecule is CCCN=C(C(C=O)=CN)c1cc(F)cc(C(=O)OC)c1. The molecule has 112 valence electrons. The maximum absolute atomic E-state index is 13.7. The maximum Gasteiger partial charge on any atom is 0.337 e. The minimum atomic E-state index is -0.671. The molecule has 0 bridgehead atoms. The van der Waals surface area contributed by atoms with Crippen molar-refractivity contribution in [2.75, 3.05) is 13.7 Å². The van der Waals surface area contributed by atoms with Crippen LogP contribution in [-0.4, -0.2) is 31.6 Å². The van der Waals surface area contributed by atoms with Crippen molar-refractivity contribution in [3.63, 3.8) is 0 Å². The molecule has 0 amide bonds. The first-order chi connectivity index (χ1) is 10.1. The Kier molecular flexibility index (Phi) is 6.26. The summed E-state index contributed by atoms with van der Waals surface area (Å²) in [5, 5.41) is 0. The van der Waals surface area contributed by atoms with E-state index in [-0.39, 0.29) is 16.8 Å². The smallest absolute Gasteiger partial charge is 0.337 e. The highest BCUT2D eigenvalue weighted by atomic mass is 19.1. The van der Waals surface area contributed by atoms with Gasteiger partial charge in [0.1, 0.15) is 5.82 Å². The zero-order valence-corrected chi connectivity index (χ0v) is 11.9. The van der Waals surface area contributed by atoms with E-state index in [0.717, 1.165) is 18.7 Å². The number of aliphatic imine (C=N–C) groups is 1. The number of rotatable bonds is 6. The van der Waals surface area contributed by atoms with Crippen LogP contribution in [0.5, 0.6) is 0 Å². The van der Waals surface area contributed by atoms with Gasteiger partial charge in [0.2, 0.25) is 0 Å². The lowest BCUT2D eigenvalue weighted by Crippen LogP contribution is -2.12. The average molecular weight is 292 g/mol. The van der Waals surface area contributed by atoms with Crippen molar-refractivity contribution in [2.45, 2.75) is 13.3 Å². The van der Waals surface area contributed by atoms with Gasteiger partial charge in [-0.3, -0.25) is 9.79 Å². The van der Waals surface area contributed by atoms with Gasteiger partial charge in [-0.25, -0.2) is 9.18 Å². The summed E-state index contributed by atoms with van der Waals surface area (Å²) in [4.78, 5) is 26.8. The van der Waals surface area contributed by atoms with Crippen LogP contribution in [0.2, 0.25) is 0 Å². The molecular weight excluding hydrogens is 275 g/mol. The second-order valence-electron chi connectivity index (χ2n) is 4.19. The monoisotopic (exact) mass is 292 g/mol. The first-order valence-corrected chi connectivity index (χ1v) is 6.38. The largest absolute Gasteiger partial charge is 0.465 e. The average Bonchev–Trinajstić information content (AvgIpc) is 2.49. The van der Waals surface area contributed by atoms with Gasteiger partial charge in [-0.2, -0.15) is 0 Å². The van der Waals surface area contributed by atoms with Crippen molar-refractivity contribution in [1.29, 1.82) is 0 Å². The van der Waals surface area contributed by atoms with Gasteiger partial charge >= 0.3 is 5.97 Å². The fourth-order valence-electron chi connectivity index (χ4n) is 1.71. The van der Waals surface area contributed by atoms with Crippen LogP contribution in [-0.2, 0) is 9.53 Å². The highest BCUT2D eigenvalue weighted by molar-refractivity contribution is 6.23. The highest BCUT2D eigenvalue weighted by Crippen LogP contribution is 2.15. The topological polar surface area (TPSA) is 81.8 Å². The van der Waals surface area contributed by atoms with E-state index >= 15 is 0 Å². The lowest BCUT2D eigenvalue weighted by Gasteiger charge is -2.08. The van der Waals surface area contributed by atoms with Crippen molar-refractivity contribution in [3.05, 3.63) is 46.9 Å². The Morgan fingerprint density at radius 2 is 2.05 bits per heavy atom. The first-order valence-electron chi connectivity index (χ1n) is 6.38. The van der Waals surface area contributed by atoms with Crippen LogP contribution in [0.15, 0.2) is 35.0 Å². The Hall–Kier alpha value is -2.50. The van der Waals surface area contributed by atoms with Gasteiger partial charge in [0, 0.05) is 18.3 Å². The molecule has 0 fully saturated rings. The Morgan fingerprint density at radius 1 is 1.38 bits per heavy atom. The van der Waals surface area contributed by atoms with Crippen molar-refractivity contribution in [1.82, 2.24) is 0 Å². The Bertz CT molecular complexity index is 595. The number of allylic oxidation sites excluding steroid dienone is 1. The second-order valence-corrected chi connectivity index (χ2v) is 4.19. The Balaban J connectivity index is 3.41. The van der Waals surface area contributed by atoms with Gasteiger partial charge in [0.25, 0.3) is 0 Å². The first kappa shape index (κ1) is 16.6. The lowest BCUT2D eigenvalue weighted by atomic mass is 10.0. The van der Waals surface area contributed by atoms with Crippen LogP contribution in [0.25, 0.3) is 0 Å². The number of ether oxygens (including phenoxy) is 1.